The molecular formula is C19H20N2O3S. The van der Waals surface area contributed by atoms with Crippen molar-refractivity contribution in [3.63, 3.8) is 0 Å². The van der Waals surface area contributed by atoms with Gasteiger partial charge in [-0.15, -0.1) is 0 Å². The minimum atomic E-state index is -3.67. The molecule has 2 aromatic carbocycles. The van der Waals surface area contributed by atoms with Crippen molar-refractivity contribution in [2.24, 2.45) is 5.73 Å². The Morgan fingerprint density at radius 1 is 1.16 bits per heavy atom. The second-order valence-corrected chi connectivity index (χ2v) is 8.35. The van der Waals surface area contributed by atoms with E-state index in [1.54, 1.807) is 37.6 Å². The monoisotopic (exact) mass is 356 g/mol. The van der Waals surface area contributed by atoms with Crippen molar-refractivity contribution in [1.29, 1.82) is 0 Å². The molecule has 1 heterocycles. The predicted molar refractivity (Wildman–Crippen MR) is 97.1 cm³/mol. The van der Waals surface area contributed by atoms with Gasteiger partial charge in [-0.3, -0.25) is 0 Å². The number of nitrogens with zero attached hydrogens (tertiary/aromatic N) is 1. The number of nitrogens with two attached hydrogens (primary N) is 1. The van der Waals surface area contributed by atoms with Gasteiger partial charge in [-0.25, -0.2) is 12.4 Å². The van der Waals surface area contributed by atoms with Crippen LogP contribution in [0.15, 0.2) is 53.6 Å². The number of methoxy groups -OCH3 is 1. The summed E-state index contributed by atoms with van der Waals surface area (Å²) in [5, 5.41) is 0.937. The molecule has 6 heteroatoms. The summed E-state index contributed by atoms with van der Waals surface area (Å²) in [5.74, 6) is 0. The molecule has 3 aromatic rings. The van der Waals surface area contributed by atoms with E-state index in [0.29, 0.717) is 11.9 Å². The lowest BCUT2D eigenvalue weighted by Gasteiger charge is -2.28. The Labute approximate surface area is 147 Å². The zero-order chi connectivity index (χ0) is 17.8. The first-order valence-corrected chi connectivity index (χ1v) is 9.61. The average molecular weight is 356 g/mol. The summed E-state index contributed by atoms with van der Waals surface area (Å²) < 4.78 is 33.2. The topological polar surface area (TPSA) is 74.3 Å². The van der Waals surface area contributed by atoms with Crippen LogP contribution in [0.4, 0.5) is 0 Å². The fourth-order valence-corrected chi connectivity index (χ4v) is 5.06. The molecule has 0 amide bonds. The summed E-state index contributed by atoms with van der Waals surface area (Å²) in [6.07, 6.45) is 2.06. The van der Waals surface area contributed by atoms with Crippen molar-refractivity contribution in [2.45, 2.75) is 30.4 Å². The van der Waals surface area contributed by atoms with Crippen LogP contribution < -0.4 is 5.73 Å². The maximum atomic E-state index is 13.2. The highest BCUT2D eigenvalue weighted by Crippen LogP contribution is 2.38. The Bertz CT molecular complexity index is 1050. The van der Waals surface area contributed by atoms with E-state index in [1.165, 1.54) is 3.97 Å². The van der Waals surface area contributed by atoms with Crippen LogP contribution in [-0.4, -0.2) is 25.5 Å². The zero-order valence-electron chi connectivity index (χ0n) is 14.1. The summed E-state index contributed by atoms with van der Waals surface area (Å²) in [5.41, 5.74) is 9.83. The minimum absolute atomic E-state index is 0.193. The first kappa shape index (κ1) is 16.3. The highest BCUT2D eigenvalue weighted by Gasteiger charge is 2.32. The van der Waals surface area contributed by atoms with E-state index in [1.807, 2.05) is 25.1 Å². The summed E-state index contributed by atoms with van der Waals surface area (Å²) in [6.45, 7) is 1.93. The van der Waals surface area contributed by atoms with Crippen LogP contribution in [0.2, 0.25) is 0 Å². The minimum Gasteiger partial charge on any atom is -0.375 e. The molecule has 0 bridgehead atoms. The van der Waals surface area contributed by atoms with Crippen molar-refractivity contribution in [2.75, 3.05) is 7.11 Å². The molecule has 25 heavy (non-hydrogen) atoms. The highest BCUT2D eigenvalue weighted by molar-refractivity contribution is 7.90. The Hall–Kier alpha value is -2.15. The zero-order valence-corrected chi connectivity index (χ0v) is 15.0. The number of benzene rings is 2. The van der Waals surface area contributed by atoms with Crippen LogP contribution in [0.1, 0.15) is 22.8 Å². The third-order valence-electron chi connectivity index (χ3n) is 4.89. The van der Waals surface area contributed by atoms with Crippen molar-refractivity contribution >= 4 is 20.9 Å². The van der Waals surface area contributed by atoms with E-state index in [4.69, 9.17) is 10.5 Å². The van der Waals surface area contributed by atoms with Gasteiger partial charge in [-0.05, 0) is 42.7 Å². The molecule has 0 radical (unpaired) electrons. The van der Waals surface area contributed by atoms with Crippen LogP contribution in [-0.2, 0) is 21.2 Å². The van der Waals surface area contributed by atoms with Gasteiger partial charge in [-0.1, -0.05) is 29.8 Å². The quantitative estimate of drug-likeness (QED) is 0.783. The van der Waals surface area contributed by atoms with Crippen molar-refractivity contribution in [1.82, 2.24) is 3.97 Å². The summed E-state index contributed by atoms with van der Waals surface area (Å²) in [4.78, 5) is 0.277. The van der Waals surface area contributed by atoms with Gasteiger partial charge in [0.25, 0.3) is 10.0 Å². The number of hydrogen-bond donors (Lipinski definition) is 1. The lowest BCUT2D eigenvalue weighted by molar-refractivity contribution is 0.0793. The molecule has 2 atom stereocenters. The van der Waals surface area contributed by atoms with Gasteiger partial charge in [0.15, 0.2) is 0 Å². The molecular weight excluding hydrogens is 336 g/mol. The Morgan fingerprint density at radius 3 is 2.56 bits per heavy atom. The van der Waals surface area contributed by atoms with E-state index >= 15 is 0 Å². The van der Waals surface area contributed by atoms with Crippen molar-refractivity contribution in [3.05, 3.63) is 65.4 Å². The molecule has 0 spiro atoms. The molecule has 4 rings (SSSR count). The van der Waals surface area contributed by atoms with E-state index in [0.717, 1.165) is 22.1 Å². The summed E-state index contributed by atoms with van der Waals surface area (Å²) >= 11 is 0. The maximum Gasteiger partial charge on any atom is 0.268 e. The Morgan fingerprint density at radius 2 is 1.88 bits per heavy atom. The van der Waals surface area contributed by atoms with E-state index in [-0.39, 0.29) is 17.0 Å². The van der Waals surface area contributed by atoms with Gasteiger partial charge in [0.1, 0.15) is 0 Å². The third kappa shape index (κ3) is 2.40. The Kier molecular flexibility index (Phi) is 3.72. The third-order valence-corrected chi connectivity index (χ3v) is 6.58. The van der Waals surface area contributed by atoms with E-state index in [9.17, 15) is 8.42 Å². The SMILES string of the molecule is CO[C@H]1c2cccc3c2c(cn3S(=O)(=O)c2ccc(C)cc2)C[C@@H]1N. The average Bonchev–Trinajstić information content (AvgIpc) is 2.96. The van der Waals surface area contributed by atoms with Crippen LogP contribution in [0.3, 0.4) is 0 Å². The number of ether oxygens (including phenoxy) is 1. The molecule has 0 unspecified atom stereocenters. The van der Waals surface area contributed by atoms with Gasteiger partial charge >= 0.3 is 0 Å². The number of hydrogen-bond acceptors (Lipinski definition) is 4. The molecule has 0 saturated carbocycles. The summed E-state index contributed by atoms with van der Waals surface area (Å²) in [6, 6.07) is 12.3. The number of aromatic nitrogens is 1. The Balaban J connectivity index is 1.97. The van der Waals surface area contributed by atoms with Gasteiger partial charge in [0.05, 0.1) is 16.5 Å². The fraction of sp³-hybridized carbons (Fsp3) is 0.263. The van der Waals surface area contributed by atoms with Crippen LogP contribution in [0.25, 0.3) is 10.9 Å². The van der Waals surface area contributed by atoms with Crippen LogP contribution in [0.5, 0.6) is 0 Å². The molecule has 0 fully saturated rings. The second kappa shape index (κ2) is 5.69. The normalized spacial score (nSPS) is 20.1. The van der Waals surface area contributed by atoms with Crippen molar-refractivity contribution in [3.8, 4) is 0 Å². The molecule has 1 aliphatic rings. The van der Waals surface area contributed by atoms with Gasteiger partial charge < -0.3 is 10.5 Å². The largest absolute Gasteiger partial charge is 0.375 e. The second-order valence-electron chi connectivity index (χ2n) is 6.53. The van der Waals surface area contributed by atoms with Gasteiger partial charge in [-0.2, -0.15) is 0 Å². The van der Waals surface area contributed by atoms with Crippen LogP contribution in [0, 0.1) is 6.92 Å². The van der Waals surface area contributed by atoms with Gasteiger partial charge in [0.2, 0.25) is 0 Å². The molecule has 1 aromatic heterocycles. The van der Waals surface area contributed by atoms with Gasteiger partial charge in [0, 0.05) is 24.7 Å². The number of rotatable bonds is 3. The van der Waals surface area contributed by atoms with E-state index < -0.39 is 10.0 Å². The van der Waals surface area contributed by atoms with Crippen LogP contribution >= 0.6 is 0 Å². The number of aryl methyl sites for hydroxylation is 1. The first-order chi connectivity index (χ1) is 11.9. The summed E-state index contributed by atoms with van der Waals surface area (Å²) in [7, 11) is -2.03. The lowest BCUT2D eigenvalue weighted by Crippen LogP contribution is -2.34. The molecule has 130 valence electrons. The maximum absolute atomic E-state index is 13.2. The standard InChI is InChI=1S/C19H20N2O3S/c1-12-6-8-14(9-7-12)25(22,23)21-11-13-10-16(20)19(24-2)15-4-3-5-17(21)18(13)15/h3-9,11,16,19H,10,20H2,1-2H3/t16-,19-/m0/s1. The fourth-order valence-electron chi connectivity index (χ4n) is 3.67. The highest BCUT2D eigenvalue weighted by atomic mass is 32.2. The molecule has 0 aliphatic heterocycles. The van der Waals surface area contributed by atoms with E-state index in [2.05, 4.69) is 0 Å². The molecule has 1 aliphatic carbocycles. The predicted octanol–water partition coefficient (Wildman–Crippen LogP) is 2.76. The smallest absolute Gasteiger partial charge is 0.268 e. The van der Waals surface area contributed by atoms with Crippen molar-refractivity contribution < 1.29 is 13.2 Å². The molecule has 5 nitrogen and oxygen atoms in total. The molecule has 2 N–H and O–H groups in total. The first-order valence-electron chi connectivity index (χ1n) is 8.17. The lowest BCUT2D eigenvalue weighted by atomic mass is 9.87. The molecule has 0 saturated heterocycles.